The number of hydrogen-bond donors (Lipinski definition) is 4. The number of hydrogen-bond acceptors (Lipinski definition) is 8. The summed E-state index contributed by atoms with van der Waals surface area (Å²) < 4.78 is 11.0. The Hall–Kier alpha value is -0.710. The van der Waals surface area contributed by atoms with Crippen LogP contribution in [0.25, 0.3) is 0 Å². The van der Waals surface area contributed by atoms with Crippen LogP contribution in [0.15, 0.2) is 0 Å². The van der Waals surface area contributed by atoms with Gasteiger partial charge in [-0.3, -0.25) is 9.59 Å². The lowest BCUT2D eigenvalue weighted by molar-refractivity contribution is -0.444. The first-order valence-electron chi connectivity index (χ1n) is 7.52. The van der Waals surface area contributed by atoms with Crippen LogP contribution in [0.4, 0.5) is 0 Å². The molecule has 0 spiro atoms. The predicted molar refractivity (Wildman–Crippen MR) is 79.4 cm³/mol. The molecule has 0 aromatic heterocycles. The minimum Gasteiger partial charge on any atom is -0.385 e. The number of carbonyl (C=O) groups is 2. The number of ketones is 1. The van der Waals surface area contributed by atoms with E-state index in [1.54, 1.807) is 0 Å². The van der Waals surface area contributed by atoms with E-state index in [0.717, 1.165) is 0 Å². The number of carbonyl (C=O) groups excluding carboxylic acids is 2. The fourth-order valence-electron chi connectivity index (χ4n) is 3.70. The highest BCUT2D eigenvalue weighted by Crippen LogP contribution is 2.56. The summed E-state index contributed by atoms with van der Waals surface area (Å²) >= 11 is 1.39. The summed E-state index contributed by atoms with van der Waals surface area (Å²) in [5, 5.41) is 34.4. The fourth-order valence-corrected chi connectivity index (χ4v) is 4.72. The van der Waals surface area contributed by atoms with Gasteiger partial charge in [-0.2, -0.15) is 11.8 Å². The minimum atomic E-state index is -2.24. The SMILES string of the molecule is CCSC[C@]12CCO[C@@]3(NC(=O)C1=O)[C@@H](O)[C@@](C)(O)CO[C@@]23O. The second kappa shape index (κ2) is 5.14. The van der Waals surface area contributed by atoms with E-state index in [2.05, 4.69) is 5.32 Å². The standard InChI is InChI=1S/C14H21NO7S/c1-3-23-7-12-4-5-21-13(15-9(17)8(12)16)10(18)11(2,19)6-22-14(12,13)20/h10,18-20H,3-7H2,1-2H3,(H,15,17)/t10-,11-,12+,13-,14-/m0/s1. The molecule has 130 valence electrons. The Morgan fingerprint density at radius 2 is 2.04 bits per heavy atom. The third kappa shape index (κ3) is 1.92. The summed E-state index contributed by atoms with van der Waals surface area (Å²) in [6, 6.07) is 0. The van der Waals surface area contributed by atoms with Crippen molar-refractivity contribution in [1.29, 1.82) is 0 Å². The Bertz CT molecular complexity index is 555. The summed E-state index contributed by atoms with van der Waals surface area (Å²) in [5.41, 5.74) is -5.35. The maximum absolute atomic E-state index is 12.6. The van der Waals surface area contributed by atoms with Crippen molar-refractivity contribution in [1.82, 2.24) is 5.32 Å². The van der Waals surface area contributed by atoms with Gasteiger partial charge in [0.2, 0.25) is 17.3 Å². The summed E-state index contributed by atoms with van der Waals surface area (Å²) in [6.45, 7) is 2.86. The summed E-state index contributed by atoms with van der Waals surface area (Å²) in [4.78, 5) is 24.8. The van der Waals surface area contributed by atoms with E-state index in [1.165, 1.54) is 18.7 Å². The van der Waals surface area contributed by atoms with Gasteiger partial charge < -0.3 is 30.1 Å². The quantitative estimate of drug-likeness (QED) is 0.449. The lowest BCUT2D eigenvalue weighted by atomic mass is 9.61. The van der Waals surface area contributed by atoms with Crippen LogP contribution >= 0.6 is 11.8 Å². The molecule has 3 rings (SSSR count). The maximum atomic E-state index is 12.6. The molecule has 0 aliphatic carbocycles. The Morgan fingerprint density at radius 1 is 1.35 bits per heavy atom. The van der Waals surface area contributed by atoms with Crippen molar-refractivity contribution >= 4 is 23.5 Å². The molecule has 1 amide bonds. The molecule has 3 saturated heterocycles. The Balaban J connectivity index is 2.17. The van der Waals surface area contributed by atoms with Crippen LogP contribution in [0.3, 0.4) is 0 Å². The maximum Gasteiger partial charge on any atom is 0.290 e. The number of nitrogens with one attached hydrogen (secondary N) is 1. The van der Waals surface area contributed by atoms with Crippen LogP contribution in [0.2, 0.25) is 0 Å². The average molecular weight is 347 g/mol. The Labute approximate surface area is 137 Å². The monoisotopic (exact) mass is 347 g/mol. The molecule has 0 aromatic rings. The lowest BCUT2D eigenvalue weighted by Gasteiger charge is -2.65. The van der Waals surface area contributed by atoms with Crippen LogP contribution in [-0.2, 0) is 19.1 Å². The third-order valence-corrected chi connectivity index (χ3v) is 6.16. The number of aliphatic hydroxyl groups excluding tert-OH is 1. The topological polar surface area (TPSA) is 125 Å². The molecular weight excluding hydrogens is 326 g/mol. The van der Waals surface area contributed by atoms with Gasteiger partial charge in [-0.05, 0) is 19.1 Å². The molecule has 3 fully saturated rings. The van der Waals surface area contributed by atoms with Crippen LogP contribution in [0, 0.1) is 5.41 Å². The number of rotatable bonds is 3. The van der Waals surface area contributed by atoms with Crippen LogP contribution < -0.4 is 5.32 Å². The van der Waals surface area contributed by atoms with Gasteiger partial charge in [0.05, 0.1) is 13.2 Å². The van der Waals surface area contributed by atoms with Gasteiger partial charge >= 0.3 is 0 Å². The van der Waals surface area contributed by atoms with E-state index in [1.807, 2.05) is 6.92 Å². The molecule has 2 bridgehead atoms. The summed E-state index contributed by atoms with van der Waals surface area (Å²) in [6.07, 6.45) is -1.56. The zero-order valence-electron chi connectivity index (χ0n) is 13.0. The van der Waals surface area contributed by atoms with Crippen LogP contribution in [0.5, 0.6) is 0 Å². The molecule has 0 unspecified atom stereocenters. The molecule has 5 atom stereocenters. The molecule has 0 saturated carbocycles. The molecule has 3 heterocycles. The van der Waals surface area contributed by atoms with Gasteiger partial charge in [0.25, 0.3) is 5.91 Å². The van der Waals surface area contributed by atoms with Gasteiger partial charge in [-0.1, -0.05) is 6.92 Å². The lowest BCUT2D eigenvalue weighted by Crippen LogP contribution is -2.90. The third-order valence-electron chi connectivity index (χ3n) is 5.05. The zero-order chi connectivity index (χ0) is 17.1. The van der Waals surface area contributed by atoms with E-state index in [9.17, 15) is 24.9 Å². The average Bonchev–Trinajstić information content (AvgIpc) is 2.50. The first-order valence-corrected chi connectivity index (χ1v) is 8.68. The number of aliphatic hydroxyl groups is 3. The zero-order valence-corrected chi connectivity index (χ0v) is 13.8. The first kappa shape index (κ1) is 17.1. The van der Waals surface area contributed by atoms with Gasteiger partial charge in [0.1, 0.15) is 17.1 Å². The van der Waals surface area contributed by atoms with Crippen molar-refractivity contribution in [3.8, 4) is 0 Å². The van der Waals surface area contributed by atoms with E-state index in [-0.39, 0.29) is 18.8 Å². The highest BCUT2D eigenvalue weighted by Gasteiger charge is 2.80. The highest BCUT2D eigenvalue weighted by atomic mass is 32.2. The fraction of sp³-hybridized carbons (Fsp3) is 0.857. The van der Waals surface area contributed by atoms with E-state index < -0.39 is 46.9 Å². The van der Waals surface area contributed by atoms with Crippen molar-refractivity contribution in [2.24, 2.45) is 5.41 Å². The predicted octanol–water partition coefficient (Wildman–Crippen LogP) is -1.63. The molecule has 8 nitrogen and oxygen atoms in total. The van der Waals surface area contributed by atoms with Gasteiger partial charge in [-0.15, -0.1) is 0 Å². The molecule has 3 aliphatic rings. The smallest absolute Gasteiger partial charge is 0.290 e. The molecule has 0 radical (unpaired) electrons. The number of piperidine rings is 1. The normalized spacial score (nSPS) is 49.5. The van der Waals surface area contributed by atoms with Crippen molar-refractivity contribution in [2.45, 2.75) is 43.5 Å². The van der Waals surface area contributed by atoms with Gasteiger partial charge in [0.15, 0.2) is 0 Å². The van der Waals surface area contributed by atoms with Crippen LogP contribution in [0.1, 0.15) is 20.3 Å². The first-order chi connectivity index (χ1) is 10.7. The largest absolute Gasteiger partial charge is 0.385 e. The van der Waals surface area contributed by atoms with Crippen molar-refractivity contribution in [3.63, 3.8) is 0 Å². The number of thioether (sulfide) groups is 1. The number of Topliss-reactive ketones (excluding diaryl/α,β-unsaturated/α-hetero) is 1. The number of ether oxygens (including phenoxy) is 2. The van der Waals surface area contributed by atoms with Gasteiger partial charge in [0, 0.05) is 5.75 Å². The molecule has 23 heavy (non-hydrogen) atoms. The van der Waals surface area contributed by atoms with Crippen molar-refractivity contribution in [2.75, 3.05) is 24.7 Å². The number of amides is 1. The Morgan fingerprint density at radius 3 is 2.70 bits per heavy atom. The summed E-state index contributed by atoms with van der Waals surface area (Å²) in [5.74, 6) is -3.14. The van der Waals surface area contributed by atoms with Crippen LogP contribution in [-0.4, -0.2) is 74.9 Å². The van der Waals surface area contributed by atoms with E-state index in [4.69, 9.17) is 9.47 Å². The van der Waals surface area contributed by atoms with Crippen molar-refractivity contribution in [3.05, 3.63) is 0 Å². The summed E-state index contributed by atoms with van der Waals surface area (Å²) in [7, 11) is 0. The molecule has 0 aromatic carbocycles. The molecule has 9 heteroatoms. The molecule has 3 aliphatic heterocycles. The van der Waals surface area contributed by atoms with E-state index in [0.29, 0.717) is 5.75 Å². The van der Waals surface area contributed by atoms with Gasteiger partial charge in [-0.25, -0.2) is 0 Å². The second-order valence-electron chi connectivity index (χ2n) is 6.53. The van der Waals surface area contributed by atoms with E-state index >= 15 is 0 Å². The molecular formula is C14H21NO7S. The minimum absolute atomic E-state index is 0.0368. The Kier molecular flexibility index (Phi) is 3.83. The highest BCUT2D eigenvalue weighted by molar-refractivity contribution is 7.99. The second-order valence-corrected chi connectivity index (χ2v) is 7.80. The van der Waals surface area contributed by atoms with Crippen molar-refractivity contribution < 1.29 is 34.4 Å². The molecule has 4 N–H and O–H groups in total.